The molecule has 1 saturated carbocycles. The van der Waals surface area contributed by atoms with Gasteiger partial charge in [0.25, 0.3) is 0 Å². The Balaban J connectivity index is 2.21. The van der Waals surface area contributed by atoms with E-state index in [9.17, 15) is 4.79 Å². The third kappa shape index (κ3) is 2.34. The van der Waals surface area contributed by atoms with Crippen LogP contribution in [-0.4, -0.2) is 28.3 Å². The van der Waals surface area contributed by atoms with Crippen LogP contribution in [0.4, 0.5) is 0 Å². The molecule has 1 aromatic heterocycles. The maximum atomic E-state index is 12.6. The van der Waals surface area contributed by atoms with Crippen molar-refractivity contribution >= 4 is 5.78 Å². The molecule has 0 spiro atoms. The van der Waals surface area contributed by atoms with Crippen LogP contribution in [0, 0.1) is 5.41 Å². The fourth-order valence-electron chi connectivity index (χ4n) is 2.62. The van der Waals surface area contributed by atoms with E-state index in [2.05, 4.69) is 18.9 Å². The molecular weight excluding hydrogens is 228 g/mol. The second-order valence-corrected chi connectivity index (χ2v) is 6.07. The molecule has 4 heteroatoms. The standard InChI is InChI=1S/C14H22N2O2/c1-13(2)6-8-14(18-4,9-7-13)12(17)11-5-10-16(3)15-11/h5,10H,6-9H2,1-4H3. The van der Waals surface area contributed by atoms with Crippen LogP contribution in [0.2, 0.25) is 0 Å². The average molecular weight is 250 g/mol. The molecule has 0 unspecified atom stereocenters. The predicted molar refractivity (Wildman–Crippen MR) is 69.5 cm³/mol. The summed E-state index contributed by atoms with van der Waals surface area (Å²) in [4.78, 5) is 12.6. The van der Waals surface area contributed by atoms with E-state index in [4.69, 9.17) is 4.74 Å². The number of nitrogens with zero attached hydrogens (tertiary/aromatic N) is 2. The first kappa shape index (κ1) is 13.3. The second-order valence-electron chi connectivity index (χ2n) is 6.07. The van der Waals surface area contributed by atoms with Crippen LogP contribution in [-0.2, 0) is 11.8 Å². The number of hydrogen-bond acceptors (Lipinski definition) is 3. The summed E-state index contributed by atoms with van der Waals surface area (Å²) in [6.07, 6.45) is 5.39. The lowest BCUT2D eigenvalue weighted by Crippen LogP contribution is -2.45. The van der Waals surface area contributed by atoms with Gasteiger partial charge in [0.15, 0.2) is 0 Å². The van der Waals surface area contributed by atoms with Gasteiger partial charge in [-0.15, -0.1) is 0 Å². The SMILES string of the molecule is COC1(C(=O)c2ccn(C)n2)CCC(C)(C)CC1. The van der Waals surface area contributed by atoms with E-state index in [1.54, 1.807) is 24.1 Å². The third-order valence-corrected chi connectivity index (χ3v) is 4.16. The first-order chi connectivity index (χ1) is 8.38. The molecule has 0 aromatic carbocycles. The lowest BCUT2D eigenvalue weighted by Gasteiger charge is -2.41. The number of carbonyl (C=O) groups is 1. The van der Waals surface area contributed by atoms with Crippen molar-refractivity contribution in [3.05, 3.63) is 18.0 Å². The van der Waals surface area contributed by atoms with Gasteiger partial charge in [-0.1, -0.05) is 13.8 Å². The summed E-state index contributed by atoms with van der Waals surface area (Å²) in [7, 11) is 3.46. The summed E-state index contributed by atoms with van der Waals surface area (Å²) in [5.41, 5.74) is 0.162. The Morgan fingerprint density at radius 1 is 1.33 bits per heavy atom. The lowest BCUT2D eigenvalue weighted by atomic mass is 9.69. The monoisotopic (exact) mass is 250 g/mol. The maximum absolute atomic E-state index is 12.6. The average Bonchev–Trinajstić information content (AvgIpc) is 2.76. The molecule has 1 heterocycles. The maximum Gasteiger partial charge on any atom is 0.214 e. The molecule has 1 fully saturated rings. The Hall–Kier alpha value is -1.16. The molecule has 0 saturated heterocycles. The zero-order valence-corrected chi connectivity index (χ0v) is 11.7. The molecule has 2 rings (SSSR count). The van der Waals surface area contributed by atoms with Crippen LogP contribution in [0.3, 0.4) is 0 Å². The summed E-state index contributed by atoms with van der Waals surface area (Å²) in [5, 5.41) is 4.20. The van der Waals surface area contributed by atoms with E-state index < -0.39 is 5.60 Å². The molecule has 0 radical (unpaired) electrons. The highest BCUT2D eigenvalue weighted by Crippen LogP contribution is 2.43. The van der Waals surface area contributed by atoms with Crippen molar-refractivity contribution < 1.29 is 9.53 Å². The summed E-state index contributed by atoms with van der Waals surface area (Å²) < 4.78 is 7.25. The predicted octanol–water partition coefficient (Wildman–Crippen LogP) is 2.59. The van der Waals surface area contributed by atoms with Gasteiger partial charge in [-0.3, -0.25) is 9.48 Å². The van der Waals surface area contributed by atoms with E-state index in [1.165, 1.54) is 0 Å². The van der Waals surface area contributed by atoms with Gasteiger partial charge in [0.2, 0.25) is 5.78 Å². The van der Waals surface area contributed by atoms with Gasteiger partial charge in [0.1, 0.15) is 11.3 Å². The highest BCUT2D eigenvalue weighted by atomic mass is 16.5. The van der Waals surface area contributed by atoms with Crippen LogP contribution in [0.5, 0.6) is 0 Å². The van der Waals surface area contributed by atoms with Crippen LogP contribution < -0.4 is 0 Å². The highest BCUT2D eigenvalue weighted by molar-refractivity contribution is 6.01. The minimum absolute atomic E-state index is 0.0288. The molecular formula is C14H22N2O2. The summed E-state index contributed by atoms with van der Waals surface area (Å²) in [6, 6.07) is 1.77. The Bertz CT molecular complexity index is 438. The largest absolute Gasteiger partial charge is 0.370 e. The number of rotatable bonds is 3. The number of hydrogen-bond donors (Lipinski definition) is 0. The molecule has 0 N–H and O–H groups in total. The fraction of sp³-hybridized carbons (Fsp3) is 0.714. The first-order valence-corrected chi connectivity index (χ1v) is 6.48. The van der Waals surface area contributed by atoms with Crippen molar-refractivity contribution in [3.63, 3.8) is 0 Å². The summed E-state index contributed by atoms with van der Waals surface area (Å²) >= 11 is 0. The number of aromatic nitrogens is 2. The number of aryl methyl sites for hydroxylation is 1. The molecule has 1 aliphatic rings. The van der Waals surface area contributed by atoms with Crippen molar-refractivity contribution in [1.29, 1.82) is 0 Å². The van der Waals surface area contributed by atoms with E-state index in [0.29, 0.717) is 11.1 Å². The van der Waals surface area contributed by atoms with Gasteiger partial charge in [-0.25, -0.2) is 0 Å². The Morgan fingerprint density at radius 3 is 2.39 bits per heavy atom. The molecule has 1 aliphatic carbocycles. The fourth-order valence-corrected chi connectivity index (χ4v) is 2.62. The molecule has 18 heavy (non-hydrogen) atoms. The van der Waals surface area contributed by atoms with Crippen molar-refractivity contribution in [1.82, 2.24) is 9.78 Å². The molecule has 0 atom stereocenters. The van der Waals surface area contributed by atoms with Gasteiger partial charge in [0, 0.05) is 20.4 Å². The van der Waals surface area contributed by atoms with E-state index in [-0.39, 0.29) is 5.78 Å². The molecule has 100 valence electrons. The quantitative estimate of drug-likeness (QED) is 0.774. The zero-order valence-electron chi connectivity index (χ0n) is 11.7. The molecule has 1 aromatic rings. The molecule has 0 bridgehead atoms. The number of Topliss-reactive ketones (excluding diaryl/α,β-unsaturated/α-hetero) is 1. The zero-order chi connectivity index (χ0) is 13.4. The van der Waals surface area contributed by atoms with Gasteiger partial charge >= 0.3 is 0 Å². The molecule has 0 amide bonds. The summed E-state index contributed by atoms with van der Waals surface area (Å²) in [6.45, 7) is 4.50. The second kappa shape index (κ2) is 4.50. The van der Waals surface area contributed by atoms with Gasteiger partial charge in [-0.2, -0.15) is 5.10 Å². The lowest BCUT2D eigenvalue weighted by molar-refractivity contribution is -0.0386. The minimum Gasteiger partial charge on any atom is -0.370 e. The normalized spacial score (nSPS) is 21.8. The van der Waals surface area contributed by atoms with Crippen molar-refractivity contribution in [2.45, 2.75) is 45.1 Å². The summed E-state index contributed by atoms with van der Waals surface area (Å²) in [5.74, 6) is 0.0288. The van der Waals surface area contributed by atoms with Crippen LogP contribution in [0.25, 0.3) is 0 Å². The van der Waals surface area contributed by atoms with Gasteiger partial charge in [0.05, 0.1) is 0 Å². The highest BCUT2D eigenvalue weighted by Gasteiger charge is 2.45. The Labute approximate surface area is 108 Å². The smallest absolute Gasteiger partial charge is 0.214 e. The first-order valence-electron chi connectivity index (χ1n) is 6.48. The van der Waals surface area contributed by atoms with Crippen molar-refractivity contribution in [3.8, 4) is 0 Å². The van der Waals surface area contributed by atoms with Gasteiger partial charge < -0.3 is 4.74 Å². The number of ether oxygens (including phenoxy) is 1. The number of methoxy groups -OCH3 is 1. The minimum atomic E-state index is -0.663. The Morgan fingerprint density at radius 2 is 1.94 bits per heavy atom. The molecule has 4 nitrogen and oxygen atoms in total. The van der Waals surface area contributed by atoms with E-state index >= 15 is 0 Å². The van der Waals surface area contributed by atoms with E-state index in [1.807, 2.05) is 7.05 Å². The van der Waals surface area contributed by atoms with Crippen LogP contribution in [0.1, 0.15) is 50.0 Å². The number of ketones is 1. The van der Waals surface area contributed by atoms with Crippen molar-refractivity contribution in [2.24, 2.45) is 12.5 Å². The molecule has 0 aliphatic heterocycles. The Kier molecular flexibility index (Phi) is 3.32. The van der Waals surface area contributed by atoms with E-state index in [0.717, 1.165) is 25.7 Å². The van der Waals surface area contributed by atoms with Crippen molar-refractivity contribution in [2.75, 3.05) is 7.11 Å². The number of carbonyl (C=O) groups excluding carboxylic acids is 1. The van der Waals surface area contributed by atoms with Crippen LogP contribution >= 0.6 is 0 Å². The van der Waals surface area contributed by atoms with Gasteiger partial charge in [-0.05, 0) is 37.2 Å². The third-order valence-electron chi connectivity index (χ3n) is 4.16. The topological polar surface area (TPSA) is 44.1 Å². The van der Waals surface area contributed by atoms with Crippen LogP contribution in [0.15, 0.2) is 12.3 Å².